The van der Waals surface area contributed by atoms with Crippen molar-refractivity contribution in [3.05, 3.63) is 0 Å². The Kier molecular flexibility index (Phi) is 5.88. The zero-order valence-corrected chi connectivity index (χ0v) is 11.1. The van der Waals surface area contributed by atoms with Gasteiger partial charge in [0.05, 0.1) is 18.6 Å². The molecule has 1 rings (SSSR count). The van der Waals surface area contributed by atoms with E-state index in [1.165, 1.54) is 0 Å². The van der Waals surface area contributed by atoms with Gasteiger partial charge in [-0.1, -0.05) is 0 Å². The molecule has 0 spiro atoms. The summed E-state index contributed by atoms with van der Waals surface area (Å²) in [6, 6.07) is 0. The lowest BCUT2D eigenvalue weighted by molar-refractivity contribution is -0.146. The minimum atomic E-state index is -0.345. The molecule has 0 aliphatic carbocycles. The Hall–Kier alpha value is -0.650. The van der Waals surface area contributed by atoms with E-state index in [9.17, 15) is 4.79 Å². The number of nitrogens with one attached hydrogen (secondary N) is 1. The molecular formula is C12H24N2O3. The first-order valence-electron chi connectivity index (χ1n) is 6.10. The number of hydrogen-bond acceptors (Lipinski definition) is 4. The van der Waals surface area contributed by atoms with Gasteiger partial charge in [-0.2, -0.15) is 0 Å². The summed E-state index contributed by atoms with van der Waals surface area (Å²) in [5, 5.41) is 3.28. The van der Waals surface area contributed by atoms with Crippen LogP contribution in [0, 0.1) is 5.41 Å². The summed E-state index contributed by atoms with van der Waals surface area (Å²) in [5.41, 5.74) is -0.345. The monoisotopic (exact) mass is 244 g/mol. The first-order valence-corrected chi connectivity index (χ1v) is 6.10. The van der Waals surface area contributed by atoms with Crippen LogP contribution in [0.25, 0.3) is 0 Å². The van der Waals surface area contributed by atoms with E-state index in [0.29, 0.717) is 19.8 Å². The second kappa shape index (κ2) is 6.93. The van der Waals surface area contributed by atoms with E-state index in [0.717, 1.165) is 25.9 Å². The van der Waals surface area contributed by atoms with Crippen LogP contribution < -0.4 is 5.32 Å². The van der Waals surface area contributed by atoms with E-state index in [4.69, 9.17) is 9.47 Å². The molecule has 17 heavy (non-hydrogen) atoms. The van der Waals surface area contributed by atoms with Crippen molar-refractivity contribution in [3.63, 3.8) is 0 Å². The van der Waals surface area contributed by atoms with Crippen LogP contribution >= 0.6 is 0 Å². The third-order valence-electron chi connectivity index (χ3n) is 3.41. The maximum Gasteiger partial charge on any atom is 0.231 e. The van der Waals surface area contributed by atoms with Crippen molar-refractivity contribution in [3.8, 4) is 0 Å². The van der Waals surface area contributed by atoms with Gasteiger partial charge in [0.15, 0.2) is 0 Å². The summed E-state index contributed by atoms with van der Waals surface area (Å²) in [6.45, 7) is 3.48. The molecule has 0 bridgehead atoms. The Balaban J connectivity index is 2.65. The quantitative estimate of drug-likeness (QED) is 0.720. The third kappa shape index (κ3) is 3.66. The molecule has 0 aromatic carbocycles. The molecule has 0 atom stereocenters. The van der Waals surface area contributed by atoms with Gasteiger partial charge >= 0.3 is 0 Å². The summed E-state index contributed by atoms with van der Waals surface area (Å²) in [7, 11) is 5.14. The van der Waals surface area contributed by atoms with E-state index < -0.39 is 0 Å². The van der Waals surface area contributed by atoms with Gasteiger partial charge in [-0.3, -0.25) is 4.79 Å². The SMILES string of the molecule is COCCN(C)C(=O)C1(COC)CCNCC1. The third-order valence-corrected chi connectivity index (χ3v) is 3.41. The molecule has 100 valence electrons. The molecule has 1 heterocycles. The molecule has 1 aliphatic heterocycles. The van der Waals surface area contributed by atoms with Gasteiger partial charge in [-0.05, 0) is 25.9 Å². The number of carbonyl (C=O) groups is 1. The number of rotatable bonds is 6. The van der Waals surface area contributed by atoms with Crippen LogP contribution in [0.2, 0.25) is 0 Å². The molecule has 0 aromatic heterocycles. The number of ether oxygens (including phenoxy) is 2. The first-order chi connectivity index (χ1) is 8.16. The van der Waals surface area contributed by atoms with Crippen LogP contribution in [-0.2, 0) is 14.3 Å². The molecule has 5 heteroatoms. The predicted molar refractivity (Wildman–Crippen MR) is 65.9 cm³/mol. The van der Waals surface area contributed by atoms with Gasteiger partial charge in [0, 0.05) is 27.8 Å². The van der Waals surface area contributed by atoms with Crippen LogP contribution in [0.1, 0.15) is 12.8 Å². The van der Waals surface area contributed by atoms with Gasteiger partial charge in [0.25, 0.3) is 0 Å². The lowest BCUT2D eigenvalue weighted by Crippen LogP contribution is -2.51. The Morgan fingerprint density at radius 3 is 2.47 bits per heavy atom. The van der Waals surface area contributed by atoms with Crippen LogP contribution in [0.4, 0.5) is 0 Å². The van der Waals surface area contributed by atoms with Crippen molar-refractivity contribution < 1.29 is 14.3 Å². The number of amides is 1. The van der Waals surface area contributed by atoms with Crippen LogP contribution in [0.3, 0.4) is 0 Å². The standard InChI is InChI=1S/C12H24N2O3/c1-14(8-9-16-2)11(15)12(10-17-3)4-6-13-7-5-12/h13H,4-10H2,1-3H3. The van der Waals surface area contributed by atoms with Crippen molar-refractivity contribution in [1.29, 1.82) is 0 Å². The van der Waals surface area contributed by atoms with E-state index >= 15 is 0 Å². The van der Waals surface area contributed by atoms with E-state index in [-0.39, 0.29) is 11.3 Å². The first kappa shape index (κ1) is 14.4. The number of likely N-dealkylation sites (N-methyl/N-ethyl adjacent to an activating group) is 1. The van der Waals surface area contributed by atoms with Gasteiger partial charge in [-0.15, -0.1) is 0 Å². The number of nitrogens with zero attached hydrogens (tertiary/aromatic N) is 1. The highest BCUT2D eigenvalue weighted by Gasteiger charge is 2.41. The zero-order chi connectivity index (χ0) is 12.7. The number of methoxy groups -OCH3 is 2. The van der Waals surface area contributed by atoms with Crippen LogP contribution in [-0.4, -0.2) is 64.9 Å². The molecule has 1 N–H and O–H groups in total. The molecule has 0 unspecified atom stereocenters. The maximum absolute atomic E-state index is 12.5. The number of hydrogen-bond donors (Lipinski definition) is 1. The second-order valence-corrected chi connectivity index (χ2v) is 4.68. The van der Waals surface area contributed by atoms with E-state index in [1.54, 1.807) is 19.1 Å². The Labute approximate surface area is 103 Å². The van der Waals surface area contributed by atoms with Gasteiger partial charge in [0.2, 0.25) is 5.91 Å². The maximum atomic E-state index is 12.5. The summed E-state index contributed by atoms with van der Waals surface area (Å²) < 4.78 is 10.3. The summed E-state index contributed by atoms with van der Waals surface area (Å²) in [6.07, 6.45) is 1.69. The van der Waals surface area contributed by atoms with Crippen molar-refractivity contribution in [2.45, 2.75) is 12.8 Å². The van der Waals surface area contributed by atoms with Crippen molar-refractivity contribution in [2.75, 3.05) is 54.1 Å². The molecule has 0 saturated carbocycles. The molecule has 1 saturated heterocycles. The van der Waals surface area contributed by atoms with Crippen LogP contribution in [0.15, 0.2) is 0 Å². The molecule has 5 nitrogen and oxygen atoms in total. The molecule has 0 radical (unpaired) electrons. The average Bonchev–Trinajstić information content (AvgIpc) is 2.36. The highest BCUT2D eigenvalue weighted by molar-refractivity contribution is 5.82. The zero-order valence-electron chi connectivity index (χ0n) is 11.1. The normalized spacial score (nSPS) is 19.0. The molecule has 0 aromatic rings. The molecule has 1 aliphatic rings. The Bertz CT molecular complexity index is 234. The number of piperidine rings is 1. The lowest BCUT2D eigenvalue weighted by Gasteiger charge is -2.38. The highest BCUT2D eigenvalue weighted by Crippen LogP contribution is 2.31. The van der Waals surface area contributed by atoms with Crippen molar-refractivity contribution >= 4 is 5.91 Å². The minimum absolute atomic E-state index is 0.179. The Morgan fingerprint density at radius 1 is 1.29 bits per heavy atom. The largest absolute Gasteiger partial charge is 0.384 e. The van der Waals surface area contributed by atoms with Gasteiger partial charge < -0.3 is 19.7 Å². The Morgan fingerprint density at radius 2 is 1.94 bits per heavy atom. The summed E-state index contributed by atoms with van der Waals surface area (Å²) in [4.78, 5) is 14.2. The fourth-order valence-electron chi connectivity index (χ4n) is 2.34. The van der Waals surface area contributed by atoms with Crippen LogP contribution in [0.5, 0.6) is 0 Å². The van der Waals surface area contributed by atoms with Crippen molar-refractivity contribution in [1.82, 2.24) is 10.2 Å². The molecular weight excluding hydrogens is 220 g/mol. The smallest absolute Gasteiger partial charge is 0.231 e. The van der Waals surface area contributed by atoms with Gasteiger partial charge in [-0.25, -0.2) is 0 Å². The predicted octanol–water partition coefficient (Wildman–Crippen LogP) is 0.107. The summed E-state index contributed by atoms with van der Waals surface area (Å²) in [5.74, 6) is 0.179. The lowest BCUT2D eigenvalue weighted by atomic mass is 9.78. The fraction of sp³-hybridized carbons (Fsp3) is 0.917. The van der Waals surface area contributed by atoms with E-state index in [2.05, 4.69) is 5.32 Å². The summed E-state index contributed by atoms with van der Waals surface area (Å²) >= 11 is 0. The van der Waals surface area contributed by atoms with Gasteiger partial charge in [0.1, 0.15) is 0 Å². The van der Waals surface area contributed by atoms with Crippen molar-refractivity contribution in [2.24, 2.45) is 5.41 Å². The highest BCUT2D eigenvalue weighted by atomic mass is 16.5. The molecule has 1 amide bonds. The minimum Gasteiger partial charge on any atom is -0.384 e. The topological polar surface area (TPSA) is 50.8 Å². The fourth-order valence-corrected chi connectivity index (χ4v) is 2.34. The molecule has 1 fully saturated rings. The van der Waals surface area contributed by atoms with E-state index in [1.807, 2.05) is 7.05 Å². The average molecular weight is 244 g/mol. The number of carbonyl (C=O) groups excluding carboxylic acids is 1. The second-order valence-electron chi connectivity index (χ2n) is 4.68.